The molecular weight excluding hydrogens is 481 g/mol. The molecule has 2 unspecified atom stereocenters. The number of alkyl halides is 3. The van der Waals surface area contributed by atoms with Crippen molar-refractivity contribution in [2.24, 2.45) is 11.8 Å². The van der Waals surface area contributed by atoms with E-state index in [1.807, 2.05) is 10.7 Å². The molecule has 0 aromatic carbocycles. The molecule has 0 amide bonds. The van der Waals surface area contributed by atoms with Gasteiger partial charge in [0, 0.05) is 55.1 Å². The van der Waals surface area contributed by atoms with Crippen LogP contribution in [0.4, 0.5) is 19.0 Å². The van der Waals surface area contributed by atoms with E-state index in [4.69, 9.17) is 15.6 Å². The summed E-state index contributed by atoms with van der Waals surface area (Å²) < 4.78 is 48.0. The van der Waals surface area contributed by atoms with Gasteiger partial charge in [0.1, 0.15) is 5.82 Å². The number of hydrogen-bond donors (Lipinski definition) is 1. The number of hydrogen-bond acceptors (Lipinski definition) is 6. The Kier molecular flexibility index (Phi) is 6.08. The van der Waals surface area contributed by atoms with Gasteiger partial charge in [0.2, 0.25) is 0 Å². The topological polar surface area (TPSA) is 72.4 Å². The van der Waals surface area contributed by atoms with Gasteiger partial charge in [-0.2, -0.15) is 18.3 Å². The van der Waals surface area contributed by atoms with Crippen LogP contribution >= 0.6 is 0 Å². The zero-order chi connectivity index (χ0) is 26.1. The Morgan fingerprint density at radius 2 is 1.81 bits per heavy atom. The molecule has 7 nitrogen and oxygen atoms in total. The fourth-order valence-electron chi connectivity index (χ4n) is 7.44. The molecule has 0 radical (unpaired) electrons. The lowest BCUT2D eigenvalue weighted by molar-refractivity contribution is -0.170. The Hall–Kier alpha value is -2.17. The lowest BCUT2D eigenvalue weighted by Gasteiger charge is -2.56. The van der Waals surface area contributed by atoms with Crippen LogP contribution in [0.3, 0.4) is 0 Å². The molecule has 4 heterocycles. The van der Waals surface area contributed by atoms with E-state index in [9.17, 15) is 13.2 Å². The van der Waals surface area contributed by atoms with Gasteiger partial charge in [-0.25, -0.2) is 4.98 Å². The molecular formula is C27H37F3N6O. The maximum atomic E-state index is 13.5. The van der Waals surface area contributed by atoms with Crippen LogP contribution in [0.1, 0.15) is 62.7 Å². The maximum absolute atomic E-state index is 13.5. The minimum absolute atomic E-state index is 0.110. The minimum atomic E-state index is -4.55. The number of aromatic nitrogens is 3. The van der Waals surface area contributed by atoms with Gasteiger partial charge >= 0.3 is 6.18 Å². The predicted molar refractivity (Wildman–Crippen MR) is 135 cm³/mol. The van der Waals surface area contributed by atoms with Crippen molar-refractivity contribution in [1.82, 2.24) is 24.6 Å². The predicted octanol–water partition coefficient (Wildman–Crippen LogP) is 4.42. The number of rotatable bonds is 4. The van der Waals surface area contributed by atoms with Crippen LogP contribution in [-0.2, 0) is 10.9 Å². The van der Waals surface area contributed by atoms with Crippen molar-refractivity contribution in [1.29, 1.82) is 0 Å². The van der Waals surface area contributed by atoms with Gasteiger partial charge in [-0.05, 0) is 70.5 Å². The van der Waals surface area contributed by atoms with E-state index in [2.05, 4.69) is 35.7 Å². The van der Waals surface area contributed by atoms with Gasteiger partial charge in [-0.3, -0.25) is 14.5 Å². The Bertz CT molecular complexity index is 1150. The number of fused-ring (bicyclic) bond motifs is 2. The summed E-state index contributed by atoms with van der Waals surface area (Å²) in [6.45, 7) is 9.10. The third-order valence-corrected chi connectivity index (χ3v) is 9.43. The van der Waals surface area contributed by atoms with Gasteiger partial charge in [-0.1, -0.05) is 0 Å². The Morgan fingerprint density at radius 3 is 2.41 bits per heavy atom. The van der Waals surface area contributed by atoms with Crippen molar-refractivity contribution in [3.63, 3.8) is 0 Å². The van der Waals surface area contributed by atoms with Crippen LogP contribution in [0.25, 0.3) is 11.3 Å². The first-order valence-corrected chi connectivity index (χ1v) is 13.5. The summed E-state index contributed by atoms with van der Waals surface area (Å²) in [4.78, 5) is 9.07. The SMILES string of the molecule is CC(C)n1nc(-c2cnc(N)c(C(F)(F)F)c2)cc1C1CC2CCC(C1)C2N1CCN(C)C2(COC2)C1. The first kappa shape index (κ1) is 25.1. The van der Waals surface area contributed by atoms with Crippen LogP contribution < -0.4 is 5.73 Å². The molecule has 2 saturated carbocycles. The Labute approximate surface area is 216 Å². The fourth-order valence-corrected chi connectivity index (χ4v) is 7.44. The summed E-state index contributed by atoms with van der Waals surface area (Å²) in [7, 11) is 2.23. The number of halogens is 3. The number of anilines is 1. The number of pyridine rings is 1. The zero-order valence-electron chi connectivity index (χ0n) is 21.8. The molecule has 1 spiro atoms. The van der Waals surface area contributed by atoms with E-state index >= 15 is 0 Å². The van der Waals surface area contributed by atoms with Gasteiger partial charge in [0.25, 0.3) is 0 Å². The summed E-state index contributed by atoms with van der Waals surface area (Å²) in [6, 6.07) is 3.80. The van der Waals surface area contributed by atoms with E-state index in [1.165, 1.54) is 19.0 Å². The van der Waals surface area contributed by atoms with Crippen LogP contribution in [0.15, 0.2) is 18.3 Å². The lowest BCUT2D eigenvalue weighted by Crippen LogP contribution is -2.72. The number of ether oxygens (including phenoxy) is 1. The summed E-state index contributed by atoms with van der Waals surface area (Å²) in [5.74, 6) is 1.13. The molecule has 2 bridgehead atoms. The second kappa shape index (κ2) is 8.95. The zero-order valence-corrected chi connectivity index (χ0v) is 21.8. The van der Waals surface area contributed by atoms with Crippen molar-refractivity contribution in [2.75, 3.05) is 45.6 Å². The third-order valence-electron chi connectivity index (χ3n) is 9.43. The standard InChI is InChI=1S/C27H37F3N6O/c1-16(2)36-23(11-22(33-36)20-10-21(27(28,29)30)25(31)32-12-20)19-8-17-4-5-18(9-19)24(17)35-7-6-34(3)26(13-35)14-37-15-26/h10-12,16-19,24H,4-9,13-15H2,1-3H3,(H2,31,32). The number of piperazine rings is 1. The molecule has 6 rings (SSSR count). The largest absolute Gasteiger partial charge is 0.419 e. The lowest BCUT2D eigenvalue weighted by atomic mass is 9.74. The first-order valence-electron chi connectivity index (χ1n) is 13.5. The quantitative estimate of drug-likeness (QED) is 0.646. The van der Waals surface area contributed by atoms with Crippen LogP contribution in [0.5, 0.6) is 0 Å². The Morgan fingerprint density at radius 1 is 1.11 bits per heavy atom. The van der Waals surface area contributed by atoms with E-state index in [0.29, 0.717) is 35.1 Å². The van der Waals surface area contributed by atoms with Gasteiger partial charge in [-0.15, -0.1) is 0 Å². The van der Waals surface area contributed by atoms with E-state index in [-0.39, 0.29) is 11.6 Å². The third kappa shape index (κ3) is 4.25. The van der Waals surface area contributed by atoms with E-state index in [1.54, 1.807) is 0 Å². The molecule has 202 valence electrons. The highest BCUT2D eigenvalue weighted by Crippen LogP contribution is 2.52. The van der Waals surface area contributed by atoms with Gasteiger partial charge < -0.3 is 10.5 Å². The highest BCUT2D eigenvalue weighted by atomic mass is 19.4. The summed E-state index contributed by atoms with van der Waals surface area (Å²) in [6.07, 6.45) is 1.55. The maximum Gasteiger partial charge on any atom is 0.419 e. The molecule has 37 heavy (non-hydrogen) atoms. The molecule has 2 aliphatic carbocycles. The van der Waals surface area contributed by atoms with Crippen LogP contribution in [0.2, 0.25) is 0 Å². The summed E-state index contributed by atoms with van der Waals surface area (Å²) >= 11 is 0. The molecule has 2 aromatic heterocycles. The van der Waals surface area contributed by atoms with Gasteiger partial charge in [0.15, 0.2) is 0 Å². The van der Waals surface area contributed by atoms with Crippen molar-refractivity contribution in [3.8, 4) is 11.3 Å². The first-order chi connectivity index (χ1) is 17.6. The highest BCUT2D eigenvalue weighted by molar-refractivity contribution is 5.62. The molecule has 2 atom stereocenters. The normalized spacial score (nSPS) is 30.2. The highest BCUT2D eigenvalue weighted by Gasteiger charge is 2.52. The summed E-state index contributed by atoms with van der Waals surface area (Å²) in [5, 5.41) is 4.77. The summed E-state index contributed by atoms with van der Waals surface area (Å²) in [5.41, 5.74) is 6.82. The van der Waals surface area contributed by atoms with Crippen LogP contribution in [0, 0.1) is 11.8 Å². The molecule has 4 fully saturated rings. The van der Waals surface area contributed by atoms with E-state index < -0.39 is 17.6 Å². The second-order valence-corrected chi connectivity index (χ2v) is 12.0. The minimum Gasteiger partial charge on any atom is -0.383 e. The molecule has 4 aliphatic rings. The Balaban J connectivity index is 1.25. The van der Waals surface area contributed by atoms with Crippen molar-refractivity contribution >= 4 is 5.82 Å². The van der Waals surface area contributed by atoms with Crippen LogP contribution in [-0.4, -0.2) is 76.0 Å². The number of likely N-dealkylation sites (N-methyl/N-ethyl adjacent to an activating group) is 1. The second-order valence-electron chi connectivity index (χ2n) is 12.0. The molecule has 10 heteroatoms. The van der Waals surface area contributed by atoms with Gasteiger partial charge in [0.05, 0.1) is 30.0 Å². The monoisotopic (exact) mass is 518 g/mol. The molecule has 2 saturated heterocycles. The smallest absolute Gasteiger partial charge is 0.383 e. The molecule has 2 N–H and O–H groups in total. The average Bonchev–Trinajstić information content (AvgIpc) is 3.37. The number of nitrogens with two attached hydrogens (primary N) is 1. The fraction of sp³-hybridized carbons (Fsp3) is 0.704. The van der Waals surface area contributed by atoms with Crippen molar-refractivity contribution in [2.45, 2.75) is 69.2 Å². The van der Waals surface area contributed by atoms with Crippen molar-refractivity contribution < 1.29 is 17.9 Å². The van der Waals surface area contributed by atoms with Crippen molar-refractivity contribution in [3.05, 3.63) is 29.6 Å². The number of nitrogen functional groups attached to an aromatic ring is 1. The van der Waals surface area contributed by atoms with E-state index in [0.717, 1.165) is 57.4 Å². The molecule has 2 aliphatic heterocycles. The number of nitrogens with zero attached hydrogens (tertiary/aromatic N) is 5. The average molecular weight is 519 g/mol. The molecule has 2 aromatic rings.